The van der Waals surface area contributed by atoms with Crippen LogP contribution in [0.3, 0.4) is 0 Å². The third-order valence-electron chi connectivity index (χ3n) is 3.81. The fourth-order valence-electron chi connectivity index (χ4n) is 2.43. The van der Waals surface area contributed by atoms with Crippen molar-refractivity contribution in [1.82, 2.24) is 20.5 Å². The number of hydrogen-bond acceptors (Lipinski definition) is 7. The number of aromatic nitrogens is 3. The Morgan fingerprint density at radius 2 is 1.93 bits per heavy atom. The fraction of sp³-hybridized carbons (Fsp3) is 0.167. The van der Waals surface area contributed by atoms with Crippen LogP contribution in [0.4, 0.5) is 11.4 Å². The van der Waals surface area contributed by atoms with Crippen molar-refractivity contribution in [3.8, 4) is 0 Å². The maximum absolute atomic E-state index is 12.2. The Balaban J connectivity index is 1.44. The minimum absolute atomic E-state index is 0.00705. The Morgan fingerprint density at radius 3 is 2.64 bits per heavy atom. The first-order valence-corrected chi connectivity index (χ1v) is 9.44. The van der Waals surface area contributed by atoms with Gasteiger partial charge in [0.2, 0.25) is 0 Å². The topological polar surface area (TPSA) is 126 Å². The Bertz CT molecular complexity index is 931. The van der Waals surface area contributed by atoms with Crippen LogP contribution in [0.2, 0.25) is 0 Å². The molecule has 3 aromatic rings. The van der Waals surface area contributed by atoms with E-state index in [0.29, 0.717) is 24.3 Å². The maximum atomic E-state index is 12.2. The average molecular weight is 398 g/mol. The van der Waals surface area contributed by atoms with Crippen LogP contribution < -0.4 is 10.6 Å². The van der Waals surface area contributed by atoms with E-state index in [0.717, 1.165) is 16.5 Å². The Kier molecular flexibility index (Phi) is 6.58. The summed E-state index contributed by atoms with van der Waals surface area (Å²) in [4.78, 5) is 26.8. The molecule has 0 saturated carbocycles. The van der Waals surface area contributed by atoms with E-state index in [4.69, 9.17) is 0 Å². The van der Waals surface area contributed by atoms with Crippen molar-refractivity contribution in [2.45, 2.75) is 10.9 Å². The first kappa shape index (κ1) is 19.4. The van der Waals surface area contributed by atoms with Crippen molar-refractivity contribution < 1.29 is 9.72 Å². The van der Waals surface area contributed by atoms with Crippen LogP contribution >= 0.6 is 11.8 Å². The minimum Gasteiger partial charge on any atom is -0.378 e. The van der Waals surface area contributed by atoms with Gasteiger partial charge in [-0.1, -0.05) is 36.0 Å². The van der Waals surface area contributed by atoms with Crippen LogP contribution in [0.5, 0.6) is 0 Å². The summed E-state index contributed by atoms with van der Waals surface area (Å²) in [6, 6.07) is 13.7. The number of nitrogens with zero attached hydrogens (tertiary/aromatic N) is 3. The van der Waals surface area contributed by atoms with Gasteiger partial charge in [0.1, 0.15) is 12.0 Å². The van der Waals surface area contributed by atoms with Crippen molar-refractivity contribution in [2.24, 2.45) is 0 Å². The molecular weight excluding hydrogens is 380 g/mol. The van der Waals surface area contributed by atoms with E-state index in [-0.39, 0.29) is 11.6 Å². The number of para-hydroxylation sites is 2. The second-order valence-corrected chi connectivity index (χ2v) is 6.70. The standard InChI is InChI=1S/C18H18N6O3S/c25-17(20-10-9-19-15-3-1-2-4-16(15)24(26)27)14-7-5-13(6-8-14)11-28-18-21-12-22-23-18/h1-8,12,19H,9-11H2,(H,20,25)(H,21,22,23). The van der Waals surface area contributed by atoms with E-state index < -0.39 is 4.92 Å². The lowest BCUT2D eigenvalue weighted by Gasteiger charge is -2.09. The zero-order valence-corrected chi connectivity index (χ0v) is 15.6. The van der Waals surface area contributed by atoms with Gasteiger partial charge in [0.05, 0.1) is 4.92 Å². The van der Waals surface area contributed by atoms with E-state index >= 15 is 0 Å². The SMILES string of the molecule is O=C(NCCNc1ccccc1[N+](=O)[O-])c1ccc(CSc2ncn[nH]2)cc1. The molecule has 0 atom stereocenters. The second kappa shape index (κ2) is 9.51. The summed E-state index contributed by atoms with van der Waals surface area (Å²) in [5.74, 6) is 0.524. The molecule has 1 aromatic heterocycles. The molecule has 3 rings (SSSR count). The highest BCUT2D eigenvalue weighted by atomic mass is 32.2. The van der Waals surface area contributed by atoms with Crippen molar-refractivity contribution in [1.29, 1.82) is 0 Å². The molecule has 0 spiro atoms. The van der Waals surface area contributed by atoms with Gasteiger partial charge in [-0.15, -0.1) is 0 Å². The van der Waals surface area contributed by atoms with Crippen LogP contribution in [0, 0.1) is 10.1 Å². The Labute approximate surface area is 165 Å². The maximum Gasteiger partial charge on any atom is 0.292 e. The van der Waals surface area contributed by atoms with Crippen LogP contribution in [0.25, 0.3) is 0 Å². The highest BCUT2D eigenvalue weighted by molar-refractivity contribution is 7.98. The molecular formula is C18H18N6O3S. The van der Waals surface area contributed by atoms with Gasteiger partial charge in [-0.25, -0.2) is 4.98 Å². The molecule has 0 fully saturated rings. The molecule has 0 unspecified atom stereocenters. The van der Waals surface area contributed by atoms with Gasteiger partial charge in [0, 0.05) is 30.5 Å². The third-order valence-corrected chi connectivity index (χ3v) is 4.76. The average Bonchev–Trinajstić information content (AvgIpc) is 3.24. The molecule has 10 heteroatoms. The van der Waals surface area contributed by atoms with E-state index in [9.17, 15) is 14.9 Å². The first-order chi connectivity index (χ1) is 13.6. The molecule has 1 amide bonds. The molecule has 2 aromatic carbocycles. The smallest absolute Gasteiger partial charge is 0.292 e. The number of aromatic amines is 1. The number of hydrogen-bond donors (Lipinski definition) is 3. The summed E-state index contributed by atoms with van der Waals surface area (Å²) in [5, 5.41) is 24.1. The molecule has 9 nitrogen and oxygen atoms in total. The number of nitro benzene ring substituents is 1. The summed E-state index contributed by atoms with van der Waals surface area (Å²) in [6.07, 6.45) is 1.46. The summed E-state index contributed by atoms with van der Waals surface area (Å²) in [5.41, 5.74) is 2.05. The summed E-state index contributed by atoms with van der Waals surface area (Å²) >= 11 is 1.53. The number of thioether (sulfide) groups is 1. The van der Waals surface area contributed by atoms with Gasteiger partial charge < -0.3 is 10.6 Å². The van der Waals surface area contributed by atoms with Crippen molar-refractivity contribution >= 4 is 29.0 Å². The van der Waals surface area contributed by atoms with Crippen molar-refractivity contribution in [2.75, 3.05) is 18.4 Å². The number of anilines is 1. The summed E-state index contributed by atoms with van der Waals surface area (Å²) in [7, 11) is 0. The highest BCUT2D eigenvalue weighted by Gasteiger charge is 2.11. The van der Waals surface area contributed by atoms with Gasteiger partial charge in [-0.2, -0.15) is 5.10 Å². The zero-order valence-electron chi connectivity index (χ0n) is 14.8. The van der Waals surface area contributed by atoms with Crippen LogP contribution in [0.1, 0.15) is 15.9 Å². The fourth-order valence-corrected chi connectivity index (χ4v) is 3.16. The Hall–Kier alpha value is -3.40. The summed E-state index contributed by atoms with van der Waals surface area (Å²) < 4.78 is 0. The van der Waals surface area contributed by atoms with Crippen LogP contribution in [-0.2, 0) is 5.75 Å². The number of carbonyl (C=O) groups excluding carboxylic acids is 1. The first-order valence-electron chi connectivity index (χ1n) is 8.46. The molecule has 144 valence electrons. The molecule has 0 radical (unpaired) electrons. The van der Waals surface area contributed by atoms with Gasteiger partial charge in [-0.3, -0.25) is 20.0 Å². The van der Waals surface area contributed by atoms with Crippen LogP contribution in [0.15, 0.2) is 60.0 Å². The lowest BCUT2D eigenvalue weighted by molar-refractivity contribution is -0.384. The van der Waals surface area contributed by atoms with E-state index in [1.54, 1.807) is 30.3 Å². The van der Waals surface area contributed by atoms with Crippen molar-refractivity contribution in [3.63, 3.8) is 0 Å². The number of nitro groups is 1. The highest BCUT2D eigenvalue weighted by Crippen LogP contribution is 2.22. The number of amides is 1. The van der Waals surface area contributed by atoms with E-state index in [1.165, 1.54) is 24.2 Å². The molecule has 1 heterocycles. The molecule has 28 heavy (non-hydrogen) atoms. The minimum atomic E-state index is -0.441. The summed E-state index contributed by atoms with van der Waals surface area (Å²) in [6.45, 7) is 0.719. The largest absolute Gasteiger partial charge is 0.378 e. The second-order valence-electron chi connectivity index (χ2n) is 5.73. The normalized spacial score (nSPS) is 10.4. The predicted octanol–water partition coefficient (Wildman–Crippen LogP) is 2.85. The van der Waals surface area contributed by atoms with Crippen molar-refractivity contribution in [3.05, 3.63) is 76.1 Å². The Morgan fingerprint density at radius 1 is 1.14 bits per heavy atom. The van der Waals surface area contributed by atoms with E-state index in [2.05, 4.69) is 25.8 Å². The third kappa shape index (κ3) is 5.30. The quantitative estimate of drug-likeness (QED) is 0.219. The van der Waals surface area contributed by atoms with Crippen LogP contribution in [-0.4, -0.2) is 39.1 Å². The number of benzene rings is 2. The molecule has 0 aliphatic rings. The molecule has 3 N–H and O–H groups in total. The monoisotopic (exact) mass is 398 g/mol. The number of nitrogens with one attached hydrogen (secondary N) is 3. The molecule has 0 aliphatic carbocycles. The zero-order chi connectivity index (χ0) is 19.8. The van der Waals surface area contributed by atoms with Gasteiger partial charge in [0.25, 0.3) is 11.6 Å². The molecule has 0 aliphatic heterocycles. The van der Waals surface area contributed by atoms with Gasteiger partial charge in [-0.05, 0) is 23.8 Å². The number of H-pyrrole nitrogens is 1. The lowest BCUT2D eigenvalue weighted by atomic mass is 10.1. The lowest BCUT2D eigenvalue weighted by Crippen LogP contribution is -2.28. The number of carbonyl (C=O) groups is 1. The predicted molar refractivity (Wildman–Crippen MR) is 106 cm³/mol. The van der Waals surface area contributed by atoms with Gasteiger partial charge in [0.15, 0.2) is 5.16 Å². The number of rotatable bonds is 9. The molecule has 0 bridgehead atoms. The van der Waals surface area contributed by atoms with E-state index in [1.807, 2.05) is 12.1 Å². The molecule has 0 saturated heterocycles. The van der Waals surface area contributed by atoms with Gasteiger partial charge >= 0.3 is 0 Å².